The number of nitrogens with two attached hydrogens (primary N) is 2. The number of ether oxygens (including phenoxy) is 1. The monoisotopic (exact) mass is 363 g/mol. The van der Waals surface area contributed by atoms with Gasteiger partial charge < -0.3 is 16.2 Å². The molecule has 0 atom stereocenters. The van der Waals surface area contributed by atoms with Gasteiger partial charge >= 0.3 is 10.3 Å². The Labute approximate surface area is 144 Å². The largest absolute Gasteiger partial charge is 0.493 e. The van der Waals surface area contributed by atoms with E-state index < -0.39 is 10.3 Å². The fourth-order valence-electron chi connectivity index (χ4n) is 2.61. The summed E-state index contributed by atoms with van der Waals surface area (Å²) in [6, 6.07) is 5.00. The van der Waals surface area contributed by atoms with Gasteiger partial charge in [-0.2, -0.15) is 13.4 Å². The van der Waals surface area contributed by atoms with Crippen molar-refractivity contribution in [3.05, 3.63) is 41.7 Å². The van der Waals surface area contributed by atoms with Gasteiger partial charge in [-0.15, -0.1) is 0 Å². The highest BCUT2D eigenvalue weighted by molar-refractivity contribution is 7.84. The van der Waals surface area contributed by atoms with E-state index in [-0.39, 0.29) is 11.8 Å². The van der Waals surface area contributed by atoms with Gasteiger partial charge in [-0.25, -0.2) is 8.96 Å². The second-order valence-electron chi connectivity index (χ2n) is 5.36. The summed E-state index contributed by atoms with van der Waals surface area (Å²) in [7, 11) is -4.43. The molecular weight excluding hydrogens is 346 g/mol. The summed E-state index contributed by atoms with van der Waals surface area (Å²) >= 11 is 0. The van der Waals surface area contributed by atoms with Crippen LogP contribution in [-0.4, -0.2) is 33.5 Å². The van der Waals surface area contributed by atoms with Crippen LogP contribution in [0.2, 0.25) is 0 Å². The van der Waals surface area contributed by atoms with E-state index in [0.29, 0.717) is 35.2 Å². The summed E-state index contributed by atoms with van der Waals surface area (Å²) in [4.78, 5) is 7.83. The van der Waals surface area contributed by atoms with Crippen LogP contribution in [0.1, 0.15) is 18.1 Å². The standard InChI is InChI=1S/C15H17N5O4S/c1-2-24-13-7-9(5-10-8-18-15(17)19-14(10)16)6-12-11(13)3-4-20(12)25(21,22)23/h3-4,6-8H,2,5H2,1H3,(H,21,22,23)(H4,16,17,18,19). The van der Waals surface area contributed by atoms with Crippen LogP contribution >= 0.6 is 0 Å². The van der Waals surface area contributed by atoms with Gasteiger partial charge in [-0.05, 0) is 30.7 Å². The maximum absolute atomic E-state index is 11.6. The van der Waals surface area contributed by atoms with Gasteiger partial charge in [0.1, 0.15) is 11.6 Å². The third-order valence-electron chi connectivity index (χ3n) is 3.65. The van der Waals surface area contributed by atoms with E-state index in [0.717, 1.165) is 9.54 Å². The number of nitrogens with zero attached hydrogens (tertiary/aromatic N) is 3. The lowest BCUT2D eigenvalue weighted by Gasteiger charge is -2.11. The SMILES string of the molecule is CCOc1cc(Cc2cnc(N)nc2N)cc2c1ccn2S(=O)(=O)O. The Hall–Kier alpha value is -2.85. The summed E-state index contributed by atoms with van der Waals surface area (Å²) in [5.74, 6) is 0.829. The third kappa shape index (κ3) is 3.35. The van der Waals surface area contributed by atoms with Gasteiger partial charge in [0.25, 0.3) is 0 Å². The lowest BCUT2D eigenvalue weighted by molar-refractivity contribution is 0.344. The van der Waals surface area contributed by atoms with Crippen LogP contribution in [0.5, 0.6) is 5.75 Å². The average molecular weight is 363 g/mol. The van der Waals surface area contributed by atoms with Gasteiger partial charge in [0.2, 0.25) is 5.95 Å². The Bertz CT molecular complexity index is 1050. The molecule has 2 heterocycles. The number of hydrogen-bond acceptors (Lipinski definition) is 7. The van der Waals surface area contributed by atoms with Crippen LogP contribution in [-0.2, 0) is 16.7 Å². The van der Waals surface area contributed by atoms with E-state index in [9.17, 15) is 13.0 Å². The van der Waals surface area contributed by atoms with Crippen LogP contribution in [0.4, 0.5) is 11.8 Å². The molecule has 1 aromatic carbocycles. The summed E-state index contributed by atoms with van der Waals surface area (Å²) in [6.07, 6.45) is 3.13. The molecule has 0 amide bonds. The van der Waals surface area contributed by atoms with Crippen molar-refractivity contribution in [3.63, 3.8) is 0 Å². The van der Waals surface area contributed by atoms with Crippen molar-refractivity contribution in [1.82, 2.24) is 13.9 Å². The molecule has 0 bridgehead atoms. The summed E-state index contributed by atoms with van der Waals surface area (Å²) in [6.45, 7) is 2.23. The Balaban J connectivity index is 2.14. The van der Waals surface area contributed by atoms with Crippen LogP contribution in [0, 0.1) is 0 Å². The highest BCUT2D eigenvalue weighted by Gasteiger charge is 2.16. The molecule has 0 aliphatic heterocycles. The molecule has 0 fully saturated rings. The molecule has 2 aromatic heterocycles. The van der Waals surface area contributed by atoms with E-state index in [1.807, 2.05) is 6.92 Å². The highest BCUT2D eigenvalue weighted by atomic mass is 32.2. The van der Waals surface area contributed by atoms with Crippen molar-refractivity contribution in [1.29, 1.82) is 0 Å². The van der Waals surface area contributed by atoms with E-state index in [4.69, 9.17) is 16.2 Å². The van der Waals surface area contributed by atoms with Crippen molar-refractivity contribution in [2.75, 3.05) is 18.1 Å². The molecule has 10 heteroatoms. The molecule has 3 rings (SSSR count). The topological polar surface area (TPSA) is 146 Å². The Morgan fingerprint density at radius 3 is 2.72 bits per heavy atom. The van der Waals surface area contributed by atoms with Crippen molar-refractivity contribution < 1.29 is 17.7 Å². The number of rotatable bonds is 5. The quantitative estimate of drug-likeness (QED) is 0.574. The summed E-state index contributed by atoms with van der Waals surface area (Å²) < 4.78 is 38.9. The van der Waals surface area contributed by atoms with Gasteiger partial charge in [0.15, 0.2) is 0 Å². The molecule has 5 N–H and O–H groups in total. The predicted molar refractivity (Wildman–Crippen MR) is 93.7 cm³/mol. The molecular formula is C15H17N5O4S. The molecule has 132 valence electrons. The van der Waals surface area contributed by atoms with Gasteiger partial charge in [-0.1, -0.05) is 0 Å². The van der Waals surface area contributed by atoms with Crippen LogP contribution in [0.25, 0.3) is 10.9 Å². The average Bonchev–Trinajstić information content (AvgIpc) is 2.95. The minimum Gasteiger partial charge on any atom is -0.493 e. The van der Waals surface area contributed by atoms with Gasteiger partial charge in [0.05, 0.1) is 12.1 Å². The first-order valence-electron chi connectivity index (χ1n) is 7.41. The normalized spacial score (nSPS) is 11.8. The molecule has 9 nitrogen and oxygen atoms in total. The van der Waals surface area contributed by atoms with E-state index in [1.165, 1.54) is 12.4 Å². The minimum atomic E-state index is -4.43. The molecule has 0 saturated carbocycles. The van der Waals surface area contributed by atoms with Crippen LogP contribution in [0.3, 0.4) is 0 Å². The molecule has 25 heavy (non-hydrogen) atoms. The van der Waals surface area contributed by atoms with E-state index in [1.54, 1.807) is 18.2 Å². The maximum atomic E-state index is 11.6. The Morgan fingerprint density at radius 1 is 1.32 bits per heavy atom. The van der Waals surface area contributed by atoms with Crippen molar-refractivity contribution in [2.45, 2.75) is 13.3 Å². The lowest BCUT2D eigenvalue weighted by Crippen LogP contribution is -2.09. The molecule has 0 aliphatic carbocycles. The zero-order valence-corrected chi connectivity index (χ0v) is 14.2. The molecule has 0 saturated heterocycles. The molecule has 3 aromatic rings. The minimum absolute atomic E-state index is 0.0759. The molecule has 0 radical (unpaired) electrons. The van der Waals surface area contributed by atoms with E-state index >= 15 is 0 Å². The molecule has 0 unspecified atom stereocenters. The van der Waals surface area contributed by atoms with Crippen LogP contribution in [0.15, 0.2) is 30.6 Å². The van der Waals surface area contributed by atoms with Gasteiger partial charge in [-0.3, -0.25) is 4.55 Å². The highest BCUT2D eigenvalue weighted by Crippen LogP contribution is 2.31. The first-order chi connectivity index (χ1) is 11.8. The fourth-order valence-corrected chi connectivity index (χ4v) is 3.22. The lowest BCUT2D eigenvalue weighted by atomic mass is 10.0. The van der Waals surface area contributed by atoms with Crippen molar-refractivity contribution >= 4 is 33.0 Å². The van der Waals surface area contributed by atoms with E-state index in [2.05, 4.69) is 9.97 Å². The Kier molecular flexibility index (Phi) is 4.23. The second kappa shape index (κ2) is 6.22. The predicted octanol–water partition coefficient (Wildman–Crippen LogP) is 1.24. The number of hydrogen-bond donors (Lipinski definition) is 3. The number of nitrogen functional groups attached to an aromatic ring is 2. The first kappa shape index (κ1) is 17.0. The zero-order chi connectivity index (χ0) is 18.2. The number of anilines is 2. The van der Waals surface area contributed by atoms with Gasteiger partial charge in [0, 0.05) is 29.8 Å². The second-order valence-corrected chi connectivity index (χ2v) is 6.65. The third-order valence-corrected chi connectivity index (χ3v) is 4.47. The number of fused-ring (bicyclic) bond motifs is 1. The fraction of sp³-hybridized carbons (Fsp3) is 0.200. The Morgan fingerprint density at radius 2 is 2.08 bits per heavy atom. The first-order valence-corrected chi connectivity index (χ1v) is 8.81. The zero-order valence-electron chi connectivity index (χ0n) is 13.4. The number of benzene rings is 1. The maximum Gasteiger partial charge on any atom is 0.363 e. The number of aromatic nitrogens is 3. The summed E-state index contributed by atoms with van der Waals surface area (Å²) in [5.41, 5.74) is 13.0. The van der Waals surface area contributed by atoms with Crippen LogP contribution < -0.4 is 16.2 Å². The molecule has 0 spiro atoms. The van der Waals surface area contributed by atoms with Crippen molar-refractivity contribution in [3.8, 4) is 5.75 Å². The van der Waals surface area contributed by atoms with Crippen molar-refractivity contribution in [2.24, 2.45) is 0 Å². The molecule has 0 aliphatic rings. The summed E-state index contributed by atoms with van der Waals surface area (Å²) in [5, 5.41) is 0.574. The smallest absolute Gasteiger partial charge is 0.363 e.